The van der Waals surface area contributed by atoms with Gasteiger partial charge >= 0.3 is 0 Å². The lowest BCUT2D eigenvalue weighted by molar-refractivity contribution is 0.0272. The molecule has 104 valence electrons. The average Bonchev–Trinajstić information content (AvgIpc) is 3.19. The van der Waals surface area contributed by atoms with E-state index in [0.717, 1.165) is 39.5 Å². The van der Waals surface area contributed by atoms with Crippen LogP contribution in [0.1, 0.15) is 25.7 Å². The van der Waals surface area contributed by atoms with Crippen molar-refractivity contribution in [3.8, 4) is 0 Å². The zero-order chi connectivity index (χ0) is 12.3. The molecule has 4 heteroatoms. The maximum atomic E-state index is 5.42. The second-order valence-electron chi connectivity index (χ2n) is 6.16. The summed E-state index contributed by atoms with van der Waals surface area (Å²) in [4.78, 5) is 2.59. The van der Waals surface area contributed by atoms with Crippen molar-refractivity contribution in [2.75, 3.05) is 52.6 Å². The van der Waals surface area contributed by atoms with E-state index >= 15 is 0 Å². The molecular formula is C14H26N2O2. The maximum Gasteiger partial charge on any atom is 0.0594 e. The van der Waals surface area contributed by atoms with Crippen LogP contribution >= 0.6 is 0 Å². The molecule has 1 saturated carbocycles. The Morgan fingerprint density at radius 2 is 1.67 bits per heavy atom. The number of hydrogen-bond acceptors (Lipinski definition) is 4. The van der Waals surface area contributed by atoms with Gasteiger partial charge in [-0.05, 0) is 31.1 Å². The zero-order valence-corrected chi connectivity index (χ0v) is 11.3. The van der Waals surface area contributed by atoms with Crippen LogP contribution in [0.4, 0.5) is 0 Å². The molecule has 2 heterocycles. The van der Waals surface area contributed by atoms with E-state index in [1.54, 1.807) is 0 Å². The van der Waals surface area contributed by atoms with E-state index in [2.05, 4.69) is 10.2 Å². The van der Waals surface area contributed by atoms with E-state index in [1.165, 1.54) is 38.8 Å². The molecule has 0 unspecified atom stereocenters. The summed E-state index contributed by atoms with van der Waals surface area (Å²) in [6, 6.07) is 0.695. The molecule has 3 aliphatic rings. The lowest BCUT2D eigenvalue weighted by atomic mass is 10.0. The first kappa shape index (κ1) is 12.9. The van der Waals surface area contributed by atoms with Crippen molar-refractivity contribution in [1.29, 1.82) is 0 Å². The van der Waals surface area contributed by atoms with Crippen LogP contribution in [-0.4, -0.2) is 63.5 Å². The molecule has 2 aliphatic heterocycles. The third-order valence-corrected chi connectivity index (χ3v) is 4.61. The Labute approximate surface area is 110 Å². The van der Waals surface area contributed by atoms with E-state index in [9.17, 15) is 0 Å². The fraction of sp³-hybridized carbons (Fsp3) is 1.00. The fourth-order valence-electron chi connectivity index (χ4n) is 3.06. The predicted molar refractivity (Wildman–Crippen MR) is 70.8 cm³/mol. The molecule has 0 aromatic heterocycles. The number of hydrogen-bond donors (Lipinski definition) is 1. The topological polar surface area (TPSA) is 33.7 Å². The fourth-order valence-corrected chi connectivity index (χ4v) is 3.06. The van der Waals surface area contributed by atoms with Crippen molar-refractivity contribution in [2.45, 2.75) is 31.7 Å². The molecule has 0 spiro atoms. The van der Waals surface area contributed by atoms with Crippen molar-refractivity contribution in [2.24, 2.45) is 5.41 Å². The van der Waals surface area contributed by atoms with Gasteiger partial charge in [0.2, 0.25) is 0 Å². The molecule has 18 heavy (non-hydrogen) atoms. The van der Waals surface area contributed by atoms with Crippen LogP contribution in [0.5, 0.6) is 0 Å². The van der Waals surface area contributed by atoms with Crippen LogP contribution in [0, 0.1) is 5.41 Å². The molecule has 4 nitrogen and oxygen atoms in total. The summed E-state index contributed by atoms with van der Waals surface area (Å²) in [5, 5.41) is 3.78. The summed E-state index contributed by atoms with van der Waals surface area (Å²) in [6.07, 6.45) is 5.18. The first-order valence-electron chi connectivity index (χ1n) is 7.48. The Hall–Kier alpha value is -0.160. The summed E-state index contributed by atoms with van der Waals surface area (Å²) in [7, 11) is 0. The standard InChI is InChI=1S/C14H26N2O2/c1-7-17-8-2-13(1)15-11-14(3-4-14)12-16-5-9-18-10-6-16/h13,15H,1-12H2. The van der Waals surface area contributed by atoms with Gasteiger partial charge in [0.05, 0.1) is 13.2 Å². The molecule has 3 fully saturated rings. The molecule has 0 bridgehead atoms. The van der Waals surface area contributed by atoms with Crippen molar-refractivity contribution >= 4 is 0 Å². The van der Waals surface area contributed by atoms with Crippen LogP contribution in [0.3, 0.4) is 0 Å². The van der Waals surface area contributed by atoms with Gasteiger partial charge in [0, 0.05) is 45.4 Å². The Morgan fingerprint density at radius 3 is 2.33 bits per heavy atom. The lowest BCUT2D eigenvalue weighted by Crippen LogP contribution is -2.44. The Balaban J connectivity index is 1.40. The van der Waals surface area contributed by atoms with E-state index in [4.69, 9.17) is 9.47 Å². The van der Waals surface area contributed by atoms with E-state index in [0.29, 0.717) is 11.5 Å². The number of nitrogens with zero attached hydrogens (tertiary/aromatic N) is 1. The second kappa shape index (κ2) is 5.87. The van der Waals surface area contributed by atoms with Crippen molar-refractivity contribution < 1.29 is 9.47 Å². The summed E-state index contributed by atoms with van der Waals surface area (Å²) in [6.45, 7) is 8.44. The zero-order valence-electron chi connectivity index (χ0n) is 11.3. The van der Waals surface area contributed by atoms with Crippen LogP contribution in [0.15, 0.2) is 0 Å². The van der Waals surface area contributed by atoms with E-state index in [1.807, 2.05) is 0 Å². The van der Waals surface area contributed by atoms with Gasteiger partial charge < -0.3 is 14.8 Å². The van der Waals surface area contributed by atoms with Gasteiger partial charge in [0.15, 0.2) is 0 Å². The third kappa shape index (κ3) is 3.44. The normalized spacial score (nSPS) is 29.3. The smallest absolute Gasteiger partial charge is 0.0594 e. The highest BCUT2D eigenvalue weighted by Crippen LogP contribution is 2.45. The summed E-state index contributed by atoms with van der Waals surface area (Å²) in [5.74, 6) is 0. The number of rotatable bonds is 5. The monoisotopic (exact) mass is 254 g/mol. The second-order valence-corrected chi connectivity index (χ2v) is 6.16. The molecule has 1 N–H and O–H groups in total. The molecule has 0 aromatic carbocycles. The minimum absolute atomic E-state index is 0.579. The molecule has 3 rings (SSSR count). The van der Waals surface area contributed by atoms with Crippen LogP contribution in [0.2, 0.25) is 0 Å². The Bertz CT molecular complexity index is 257. The van der Waals surface area contributed by atoms with E-state index < -0.39 is 0 Å². The molecular weight excluding hydrogens is 228 g/mol. The number of nitrogens with one attached hydrogen (secondary N) is 1. The predicted octanol–water partition coefficient (Wildman–Crippen LogP) is 0.867. The first-order valence-corrected chi connectivity index (χ1v) is 7.48. The summed E-state index contributed by atoms with van der Waals surface area (Å²) >= 11 is 0. The largest absolute Gasteiger partial charge is 0.381 e. The Morgan fingerprint density at radius 1 is 1.00 bits per heavy atom. The van der Waals surface area contributed by atoms with Crippen molar-refractivity contribution in [1.82, 2.24) is 10.2 Å². The first-order chi connectivity index (χ1) is 8.86. The summed E-state index contributed by atoms with van der Waals surface area (Å²) in [5.41, 5.74) is 0.579. The van der Waals surface area contributed by atoms with Gasteiger partial charge in [-0.3, -0.25) is 4.90 Å². The molecule has 0 amide bonds. The van der Waals surface area contributed by atoms with Gasteiger partial charge in [0.25, 0.3) is 0 Å². The number of morpholine rings is 1. The lowest BCUT2D eigenvalue weighted by Gasteiger charge is -2.32. The van der Waals surface area contributed by atoms with Gasteiger partial charge in [-0.2, -0.15) is 0 Å². The van der Waals surface area contributed by atoms with Crippen molar-refractivity contribution in [3.63, 3.8) is 0 Å². The third-order valence-electron chi connectivity index (χ3n) is 4.61. The van der Waals surface area contributed by atoms with E-state index in [-0.39, 0.29) is 0 Å². The van der Waals surface area contributed by atoms with Gasteiger partial charge in [-0.25, -0.2) is 0 Å². The van der Waals surface area contributed by atoms with Crippen LogP contribution < -0.4 is 5.32 Å². The van der Waals surface area contributed by atoms with Gasteiger partial charge in [0.1, 0.15) is 0 Å². The molecule has 2 saturated heterocycles. The highest BCUT2D eigenvalue weighted by molar-refractivity contribution is 4.98. The van der Waals surface area contributed by atoms with Crippen molar-refractivity contribution in [3.05, 3.63) is 0 Å². The SMILES string of the molecule is C1CC(NCC2(CN3CCOCC3)CC2)CCO1. The highest BCUT2D eigenvalue weighted by Gasteiger charge is 2.43. The maximum absolute atomic E-state index is 5.42. The van der Waals surface area contributed by atoms with Crippen LogP contribution in [0.25, 0.3) is 0 Å². The highest BCUT2D eigenvalue weighted by atomic mass is 16.5. The number of ether oxygens (including phenoxy) is 2. The van der Waals surface area contributed by atoms with Crippen LogP contribution in [-0.2, 0) is 9.47 Å². The Kier molecular flexibility index (Phi) is 4.19. The summed E-state index contributed by atoms with van der Waals surface area (Å²) < 4.78 is 10.8. The van der Waals surface area contributed by atoms with Gasteiger partial charge in [-0.1, -0.05) is 0 Å². The minimum atomic E-state index is 0.579. The molecule has 0 atom stereocenters. The molecule has 0 aromatic rings. The molecule has 0 radical (unpaired) electrons. The quantitative estimate of drug-likeness (QED) is 0.789. The van der Waals surface area contributed by atoms with Gasteiger partial charge in [-0.15, -0.1) is 0 Å². The minimum Gasteiger partial charge on any atom is -0.381 e. The molecule has 1 aliphatic carbocycles. The average molecular weight is 254 g/mol.